The van der Waals surface area contributed by atoms with Gasteiger partial charge < -0.3 is 19.6 Å². The van der Waals surface area contributed by atoms with Gasteiger partial charge in [-0.25, -0.2) is 0 Å². The van der Waals surface area contributed by atoms with E-state index in [1.54, 1.807) is 17.0 Å². The molecular formula is C30H40N2O4. The Kier molecular flexibility index (Phi) is 8.62. The Morgan fingerprint density at radius 3 is 2.31 bits per heavy atom. The van der Waals surface area contributed by atoms with E-state index >= 15 is 0 Å². The molecule has 6 nitrogen and oxygen atoms in total. The summed E-state index contributed by atoms with van der Waals surface area (Å²) in [5, 5.41) is 11.4. The predicted octanol–water partition coefficient (Wildman–Crippen LogP) is 5.45. The predicted molar refractivity (Wildman–Crippen MR) is 144 cm³/mol. The molecule has 0 aromatic heterocycles. The van der Waals surface area contributed by atoms with Crippen molar-refractivity contribution in [2.24, 2.45) is 0 Å². The van der Waals surface area contributed by atoms with Gasteiger partial charge in [0.05, 0.1) is 18.2 Å². The Bertz CT molecular complexity index is 1130. The summed E-state index contributed by atoms with van der Waals surface area (Å²) in [5.74, 6) is -0.647. The largest absolute Gasteiger partial charge is 0.507 e. The fourth-order valence-electron chi connectivity index (χ4n) is 4.54. The molecule has 36 heavy (non-hydrogen) atoms. The second-order valence-corrected chi connectivity index (χ2v) is 10.8. The number of ether oxygens (including phenoxy) is 1. The first-order valence-electron chi connectivity index (χ1n) is 12.7. The van der Waals surface area contributed by atoms with Crippen molar-refractivity contribution in [1.82, 2.24) is 9.80 Å². The summed E-state index contributed by atoms with van der Waals surface area (Å²) in [6.07, 6.45) is 1.62. The minimum absolute atomic E-state index is 0.0231. The average Bonchev–Trinajstić information content (AvgIpc) is 3.06. The van der Waals surface area contributed by atoms with Crippen LogP contribution >= 0.6 is 0 Å². The number of aryl methyl sites for hydroxylation is 1. The number of ketones is 1. The fourth-order valence-corrected chi connectivity index (χ4v) is 4.54. The first-order valence-corrected chi connectivity index (χ1v) is 12.7. The molecule has 1 heterocycles. The second kappa shape index (κ2) is 11.3. The van der Waals surface area contributed by atoms with Crippen LogP contribution in [0.15, 0.2) is 48.0 Å². The minimum Gasteiger partial charge on any atom is -0.507 e. The van der Waals surface area contributed by atoms with Gasteiger partial charge in [0, 0.05) is 12.1 Å². The van der Waals surface area contributed by atoms with E-state index in [0.717, 1.165) is 36.1 Å². The number of likely N-dealkylation sites (tertiary alicyclic amines) is 1. The molecule has 0 unspecified atom stereocenters. The van der Waals surface area contributed by atoms with Crippen LogP contribution < -0.4 is 4.74 Å². The van der Waals surface area contributed by atoms with Crippen LogP contribution in [0.2, 0.25) is 0 Å². The quantitative estimate of drug-likeness (QED) is 0.286. The molecule has 1 aliphatic rings. The number of nitrogens with zero attached hydrogens (tertiary/aromatic N) is 2. The van der Waals surface area contributed by atoms with Gasteiger partial charge in [-0.3, -0.25) is 9.59 Å². The maximum Gasteiger partial charge on any atom is 0.295 e. The number of hydrogen-bond acceptors (Lipinski definition) is 5. The third-order valence-electron chi connectivity index (χ3n) is 6.56. The topological polar surface area (TPSA) is 70.1 Å². The van der Waals surface area contributed by atoms with Crippen LogP contribution in [0.4, 0.5) is 0 Å². The van der Waals surface area contributed by atoms with Crippen LogP contribution in [-0.2, 0) is 15.0 Å². The summed E-state index contributed by atoms with van der Waals surface area (Å²) >= 11 is 0. The van der Waals surface area contributed by atoms with Crippen molar-refractivity contribution in [1.29, 1.82) is 0 Å². The summed E-state index contributed by atoms with van der Waals surface area (Å²) in [5.41, 5.74) is 3.40. The Hall–Kier alpha value is -3.12. The lowest BCUT2D eigenvalue weighted by molar-refractivity contribution is -0.139. The van der Waals surface area contributed by atoms with Crippen molar-refractivity contribution in [3.63, 3.8) is 0 Å². The molecule has 3 rings (SSSR count). The van der Waals surface area contributed by atoms with Gasteiger partial charge in [-0.2, -0.15) is 0 Å². The monoisotopic (exact) mass is 492 g/mol. The number of aliphatic hydroxyl groups is 1. The molecule has 1 amide bonds. The number of carbonyl (C=O) groups excluding carboxylic acids is 2. The normalized spacial score (nSPS) is 17.8. The summed E-state index contributed by atoms with van der Waals surface area (Å²) < 4.78 is 5.71. The molecule has 1 fully saturated rings. The Morgan fingerprint density at radius 2 is 1.75 bits per heavy atom. The summed E-state index contributed by atoms with van der Waals surface area (Å²) in [7, 11) is 3.96. The van der Waals surface area contributed by atoms with E-state index in [1.165, 1.54) is 0 Å². The number of amides is 1. The van der Waals surface area contributed by atoms with Crippen molar-refractivity contribution < 1.29 is 19.4 Å². The molecule has 2 aromatic rings. The Morgan fingerprint density at radius 1 is 1.08 bits per heavy atom. The maximum atomic E-state index is 13.3. The van der Waals surface area contributed by atoms with Crippen LogP contribution in [0.3, 0.4) is 0 Å². The van der Waals surface area contributed by atoms with Crippen molar-refractivity contribution in [2.45, 2.75) is 58.9 Å². The minimum atomic E-state index is -0.645. The molecule has 1 N–H and O–H groups in total. The summed E-state index contributed by atoms with van der Waals surface area (Å²) in [4.78, 5) is 30.2. The molecule has 0 aliphatic carbocycles. The molecule has 2 aromatic carbocycles. The van der Waals surface area contributed by atoms with E-state index in [4.69, 9.17) is 4.74 Å². The molecule has 6 heteroatoms. The zero-order valence-electron chi connectivity index (χ0n) is 22.7. The van der Waals surface area contributed by atoms with Crippen LogP contribution in [0, 0.1) is 6.92 Å². The highest BCUT2D eigenvalue weighted by Gasteiger charge is 2.46. The smallest absolute Gasteiger partial charge is 0.295 e. The van der Waals surface area contributed by atoms with Crippen LogP contribution in [-0.4, -0.2) is 60.4 Å². The first kappa shape index (κ1) is 27.5. The van der Waals surface area contributed by atoms with E-state index in [1.807, 2.05) is 58.3 Å². The number of carbonyl (C=O) groups is 2. The van der Waals surface area contributed by atoms with E-state index in [-0.39, 0.29) is 16.7 Å². The highest BCUT2D eigenvalue weighted by Crippen LogP contribution is 2.40. The van der Waals surface area contributed by atoms with Crippen molar-refractivity contribution >= 4 is 17.4 Å². The van der Waals surface area contributed by atoms with Gasteiger partial charge in [0.25, 0.3) is 11.7 Å². The number of rotatable bonds is 9. The zero-order chi connectivity index (χ0) is 26.6. The van der Waals surface area contributed by atoms with E-state index in [2.05, 4.69) is 25.7 Å². The molecule has 0 bridgehead atoms. The number of hydrogen-bond donors (Lipinski definition) is 1. The third-order valence-corrected chi connectivity index (χ3v) is 6.56. The molecular weight excluding hydrogens is 452 g/mol. The number of benzene rings is 2. The van der Waals surface area contributed by atoms with Gasteiger partial charge in [-0.15, -0.1) is 0 Å². The second-order valence-electron chi connectivity index (χ2n) is 10.8. The highest BCUT2D eigenvalue weighted by molar-refractivity contribution is 6.46. The van der Waals surface area contributed by atoms with E-state index in [0.29, 0.717) is 24.5 Å². The van der Waals surface area contributed by atoms with Crippen molar-refractivity contribution in [2.75, 3.05) is 33.8 Å². The summed E-state index contributed by atoms with van der Waals surface area (Å²) in [6, 6.07) is 12.8. The first-order chi connectivity index (χ1) is 17.0. The van der Waals surface area contributed by atoms with Crippen LogP contribution in [0.5, 0.6) is 5.75 Å². The molecule has 0 spiro atoms. The van der Waals surface area contributed by atoms with Gasteiger partial charge in [-0.05, 0) is 80.7 Å². The molecule has 0 saturated carbocycles. The summed E-state index contributed by atoms with van der Waals surface area (Å²) in [6.45, 7) is 12.2. The zero-order valence-corrected chi connectivity index (χ0v) is 22.7. The maximum absolute atomic E-state index is 13.3. The van der Waals surface area contributed by atoms with Crippen LogP contribution in [0.1, 0.15) is 68.8 Å². The van der Waals surface area contributed by atoms with Gasteiger partial charge in [0.2, 0.25) is 0 Å². The molecule has 194 valence electrons. The van der Waals surface area contributed by atoms with E-state index in [9.17, 15) is 14.7 Å². The molecule has 1 aliphatic heterocycles. The Labute approximate surface area is 215 Å². The Balaban J connectivity index is 2.09. The SMILES string of the molecule is CCCOc1ccc(C(O)=C2C(=O)C(=O)N(CCCN(C)C)[C@H]2c2ccc(C(C)(C)C)cc2)c(C)c1. The average molecular weight is 493 g/mol. The van der Waals surface area contributed by atoms with Gasteiger partial charge in [-0.1, -0.05) is 52.0 Å². The fraction of sp³-hybridized carbons (Fsp3) is 0.467. The number of Topliss-reactive ketones (excluding diaryl/α,β-unsaturated/α-hetero) is 1. The lowest BCUT2D eigenvalue weighted by atomic mass is 9.85. The van der Waals surface area contributed by atoms with Gasteiger partial charge in [0.15, 0.2) is 0 Å². The molecule has 1 atom stereocenters. The lowest BCUT2D eigenvalue weighted by Crippen LogP contribution is -2.32. The van der Waals surface area contributed by atoms with Gasteiger partial charge in [0.1, 0.15) is 11.5 Å². The molecule has 1 saturated heterocycles. The van der Waals surface area contributed by atoms with Crippen molar-refractivity contribution in [3.8, 4) is 5.75 Å². The highest BCUT2D eigenvalue weighted by atomic mass is 16.5. The number of aliphatic hydroxyl groups excluding tert-OH is 1. The van der Waals surface area contributed by atoms with E-state index < -0.39 is 17.7 Å². The standard InChI is InChI=1S/C30H40N2O4/c1-8-18-36-23-14-15-24(20(2)19-23)27(33)25-26(21-10-12-22(13-11-21)30(3,4)5)32(29(35)28(25)34)17-9-16-31(6)7/h10-15,19,26,33H,8-9,16-18H2,1-7H3/t26-/m0/s1. The van der Waals surface area contributed by atoms with Crippen LogP contribution in [0.25, 0.3) is 5.76 Å². The van der Waals surface area contributed by atoms with Gasteiger partial charge >= 0.3 is 0 Å². The lowest BCUT2D eigenvalue weighted by Gasteiger charge is -2.27. The molecule has 0 radical (unpaired) electrons. The third kappa shape index (κ3) is 5.98. The van der Waals surface area contributed by atoms with Crippen molar-refractivity contribution in [3.05, 3.63) is 70.3 Å².